The summed E-state index contributed by atoms with van der Waals surface area (Å²) in [7, 11) is 0. The van der Waals surface area contributed by atoms with Crippen molar-refractivity contribution in [1.29, 1.82) is 0 Å². The fourth-order valence-electron chi connectivity index (χ4n) is 3.11. The van der Waals surface area contributed by atoms with Crippen molar-refractivity contribution in [3.63, 3.8) is 0 Å². The zero-order chi connectivity index (χ0) is 13.5. The van der Waals surface area contributed by atoms with E-state index < -0.39 is 5.54 Å². The van der Waals surface area contributed by atoms with E-state index in [-0.39, 0.29) is 0 Å². The lowest BCUT2D eigenvalue weighted by molar-refractivity contribution is 0.292. The molecule has 0 aromatic heterocycles. The highest BCUT2D eigenvalue weighted by molar-refractivity contribution is 6.31. The normalized spacial score (nSPS) is 18.6. The molecule has 1 aliphatic carbocycles. The highest BCUT2D eigenvalue weighted by atomic mass is 35.5. The zero-order valence-corrected chi connectivity index (χ0v) is 11.6. The van der Waals surface area contributed by atoms with E-state index in [4.69, 9.17) is 17.3 Å². The molecule has 0 saturated heterocycles. The van der Waals surface area contributed by atoms with Crippen molar-refractivity contribution < 1.29 is 5.11 Å². The van der Waals surface area contributed by atoms with Gasteiger partial charge in [0.1, 0.15) is 5.75 Å². The van der Waals surface area contributed by atoms with Gasteiger partial charge < -0.3 is 10.8 Å². The predicted octanol–water partition coefficient (Wildman–Crippen LogP) is 4.32. The molecule has 0 amide bonds. The minimum absolute atomic E-state index is 0.305. The Kier molecular flexibility index (Phi) is 3.15. The van der Waals surface area contributed by atoms with E-state index >= 15 is 0 Å². The molecular weight excluding hydrogens is 258 g/mol. The van der Waals surface area contributed by atoms with Gasteiger partial charge in [0.2, 0.25) is 0 Å². The average molecular weight is 276 g/mol. The second kappa shape index (κ2) is 4.69. The monoisotopic (exact) mass is 275 g/mol. The third kappa shape index (κ3) is 2.31. The number of phenolic OH excluding ortho intramolecular Hbond substituents is 1. The Morgan fingerprint density at radius 2 is 1.74 bits per heavy atom. The van der Waals surface area contributed by atoms with Gasteiger partial charge in [-0.2, -0.15) is 0 Å². The second-order valence-electron chi connectivity index (χ2n) is 5.58. The maximum Gasteiger partial charge on any atom is 0.121 e. The van der Waals surface area contributed by atoms with Gasteiger partial charge in [-0.25, -0.2) is 0 Å². The van der Waals surface area contributed by atoms with E-state index in [9.17, 15) is 5.11 Å². The Bertz CT molecular complexity index is 617. The van der Waals surface area contributed by atoms with Crippen LogP contribution >= 0.6 is 11.6 Å². The quantitative estimate of drug-likeness (QED) is 0.814. The fourth-order valence-corrected chi connectivity index (χ4v) is 3.29. The molecule has 2 aromatic carbocycles. The Balaban J connectivity index is 2.14. The second-order valence-corrected chi connectivity index (χ2v) is 6.01. The van der Waals surface area contributed by atoms with Gasteiger partial charge in [-0.05, 0) is 47.9 Å². The van der Waals surface area contributed by atoms with Crippen LogP contribution in [0.15, 0.2) is 30.3 Å². The maximum absolute atomic E-state index is 10.3. The highest BCUT2D eigenvalue weighted by Crippen LogP contribution is 2.40. The number of phenols is 1. The molecule has 2 aromatic rings. The van der Waals surface area contributed by atoms with Crippen molar-refractivity contribution in [2.75, 3.05) is 0 Å². The molecule has 2 nitrogen and oxygen atoms in total. The van der Waals surface area contributed by atoms with E-state index in [2.05, 4.69) is 0 Å². The van der Waals surface area contributed by atoms with Crippen LogP contribution in [0.2, 0.25) is 5.02 Å². The van der Waals surface area contributed by atoms with Gasteiger partial charge in [-0.3, -0.25) is 0 Å². The summed E-state index contributed by atoms with van der Waals surface area (Å²) in [4.78, 5) is 0. The van der Waals surface area contributed by atoms with Gasteiger partial charge in [-0.1, -0.05) is 36.9 Å². The predicted molar refractivity (Wildman–Crippen MR) is 79.6 cm³/mol. The standard InChI is InChI=1S/C16H18ClNO/c17-13-5-4-11-10-15(19)14(9-12(11)8-13)16(18)6-2-1-3-7-16/h4-5,8-10,19H,1-3,6-7,18H2. The third-order valence-corrected chi connectivity index (χ3v) is 4.43. The first-order valence-corrected chi connectivity index (χ1v) is 7.18. The molecule has 19 heavy (non-hydrogen) atoms. The topological polar surface area (TPSA) is 46.2 Å². The summed E-state index contributed by atoms with van der Waals surface area (Å²) in [5.74, 6) is 0.305. The first-order valence-electron chi connectivity index (χ1n) is 6.80. The first-order chi connectivity index (χ1) is 9.08. The van der Waals surface area contributed by atoms with Crippen molar-refractivity contribution >= 4 is 22.4 Å². The van der Waals surface area contributed by atoms with E-state index in [1.807, 2.05) is 24.3 Å². The fraction of sp³-hybridized carbons (Fsp3) is 0.375. The van der Waals surface area contributed by atoms with E-state index in [0.29, 0.717) is 10.8 Å². The molecule has 0 atom stereocenters. The molecular formula is C16H18ClNO. The maximum atomic E-state index is 10.3. The number of hydrogen-bond donors (Lipinski definition) is 2. The molecule has 0 heterocycles. The number of rotatable bonds is 1. The Morgan fingerprint density at radius 1 is 1.00 bits per heavy atom. The van der Waals surface area contributed by atoms with Crippen molar-refractivity contribution in [2.45, 2.75) is 37.6 Å². The molecule has 3 rings (SSSR count). The van der Waals surface area contributed by atoms with Crippen LogP contribution in [-0.2, 0) is 5.54 Å². The molecule has 3 heteroatoms. The van der Waals surface area contributed by atoms with E-state index in [1.165, 1.54) is 6.42 Å². The third-order valence-electron chi connectivity index (χ3n) is 4.20. The molecule has 3 N–H and O–H groups in total. The molecule has 0 bridgehead atoms. The number of aromatic hydroxyl groups is 1. The largest absolute Gasteiger partial charge is 0.508 e. The summed E-state index contributed by atoms with van der Waals surface area (Å²) in [6.45, 7) is 0. The smallest absolute Gasteiger partial charge is 0.121 e. The molecule has 0 spiro atoms. The lowest BCUT2D eigenvalue weighted by Crippen LogP contribution is -2.38. The molecule has 0 radical (unpaired) electrons. The number of hydrogen-bond acceptors (Lipinski definition) is 2. The van der Waals surface area contributed by atoms with Gasteiger partial charge in [0.15, 0.2) is 0 Å². The van der Waals surface area contributed by atoms with E-state index in [1.54, 1.807) is 6.07 Å². The first kappa shape index (κ1) is 12.8. The molecule has 1 saturated carbocycles. The molecule has 1 fully saturated rings. The number of halogens is 1. The summed E-state index contributed by atoms with van der Waals surface area (Å²) < 4.78 is 0. The summed E-state index contributed by atoms with van der Waals surface area (Å²) >= 11 is 6.04. The van der Waals surface area contributed by atoms with Gasteiger partial charge in [-0.15, -0.1) is 0 Å². The number of fused-ring (bicyclic) bond motifs is 1. The highest BCUT2D eigenvalue weighted by Gasteiger charge is 2.31. The van der Waals surface area contributed by atoms with Crippen molar-refractivity contribution in [2.24, 2.45) is 5.73 Å². The Hall–Kier alpha value is -1.25. The minimum Gasteiger partial charge on any atom is -0.508 e. The summed E-state index contributed by atoms with van der Waals surface area (Å²) in [6.07, 6.45) is 5.37. The van der Waals surface area contributed by atoms with Crippen LogP contribution in [0.1, 0.15) is 37.7 Å². The lowest BCUT2D eigenvalue weighted by Gasteiger charge is -2.34. The van der Waals surface area contributed by atoms with Gasteiger partial charge in [0, 0.05) is 16.1 Å². The van der Waals surface area contributed by atoms with Gasteiger partial charge >= 0.3 is 0 Å². The summed E-state index contributed by atoms with van der Waals surface area (Å²) in [6, 6.07) is 9.48. The van der Waals surface area contributed by atoms with Crippen LogP contribution in [0.5, 0.6) is 5.75 Å². The van der Waals surface area contributed by atoms with Gasteiger partial charge in [0.25, 0.3) is 0 Å². The van der Waals surface area contributed by atoms with Crippen LogP contribution in [0.3, 0.4) is 0 Å². The summed E-state index contributed by atoms with van der Waals surface area (Å²) in [5, 5.41) is 13.0. The SMILES string of the molecule is NC1(c2cc3cc(Cl)ccc3cc2O)CCCCC1. The van der Waals surface area contributed by atoms with E-state index in [0.717, 1.165) is 42.0 Å². The summed E-state index contributed by atoms with van der Waals surface area (Å²) in [5.41, 5.74) is 6.99. The lowest BCUT2D eigenvalue weighted by atomic mass is 9.76. The minimum atomic E-state index is -0.390. The average Bonchev–Trinajstić information content (AvgIpc) is 2.39. The number of nitrogens with two attached hydrogens (primary N) is 1. The molecule has 0 unspecified atom stereocenters. The zero-order valence-electron chi connectivity index (χ0n) is 10.8. The van der Waals surface area contributed by atoms with Gasteiger partial charge in [0.05, 0.1) is 0 Å². The van der Waals surface area contributed by atoms with Crippen LogP contribution in [0, 0.1) is 0 Å². The van der Waals surface area contributed by atoms with Crippen molar-refractivity contribution in [1.82, 2.24) is 0 Å². The molecule has 0 aliphatic heterocycles. The Morgan fingerprint density at radius 3 is 2.47 bits per heavy atom. The molecule has 100 valence electrons. The van der Waals surface area contributed by atoms with Crippen LogP contribution in [-0.4, -0.2) is 5.11 Å². The van der Waals surface area contributed by atoms with Crippen molar-refractivity contribution in [3.05, 3.63) is 40.9 Å². The van der Waals surface area contributed by atoms with Crippen LogP contribution < -0.4 is 5.73 Å². The van der Waals surface area contributed by atoms with Crippen LogP contribution in [0.4, 0.5) is 0 Å². The van der Waals surface area contributed by atoms with Crippen molar-refractivity contribution in [3.8, 4) is 5.75 Å². The Labute approximate surface area is 118 Å². The van der Waals surface area contributed by atoms with Crippen LogP contribution in [0.25, 0.3) is 10.8 Å². The number of benzene rings is 2. The molecule has 1 aliphatic rings.